The summed E-state index contributed by atoms with van der Waals surface area (Å²) in [6.07, 6.45) is 13.8. The Balaban J connectivity index is 1.45. The summed E-state index contributed by atoms with van der Waals surface area (Å²) in [5.74, 6) is 0.338. The van der Waals surface area contributed by atoms with E-state index in [1.54, 1.807) is 15.4 Å². The number of likely N-dealkylation sites (tertiary alicyclic amines) is 1. The van der Waals surface area contributed by atoms with Crippen LogP contribution >= 0.6 is 0 Å². The van der Waals surface area contributed by atoms with Crippen molar-refractivity contribution < 1.29 is 0 Å². The number of aryl methyl sites for hydroxylation is 1. The second-order valence-corrected chi connectivity index (χ2v) is 9.67. The lowest BCUT2D eigenvalue weighted by atomic mass is 9.93. The van der Waals surface area contributed by atoms with Crippen LogP contribution in [-0.4, -0.2) is 44.1 Å². The van der Waals surface area contributed by atoms with Gasteiger partial charge in [0.05, 0.1) is 23.5 Å². The SMILES string of the molecule is C=N/C(=C\C=C(/C)c1cc(-c2cnn(C)c2)cn2ncc(C#N)c12)C1CCCN(Cc2ccccc2)C1. The van der Waals surface area contributed by atoms with Crippen molar-refractivity contribution in [3.05, 3.63) is 95.7 Å². The summed E-state index contributed by atoms with van der Waals surface area (Å²) >= 11 is 0. The van der Waals surface area contributed by atoms with Crippen LogP contribution in [-0.2, 0) is 13.6 Å². The number of piperidine rings is 1. The molecule has 186 valence electrons. The number of fused-ring (bicyclic) bond motifs is 1. The number of nitrogens with zero attached hydrogens (tertiary/aromatic N) is 7. The van der Waals surface area contributed by atoms with E-state index in [0.717, 1.165) is 66.0 Å². The highest BCUT2D eigenvalue weighted by atomic mass is 15.2. The minimum atomic E-state index is 0.338. The van der Waals surface area contributed by atoms with Crippen LogP contribution in [0, 0.1) is 17.2 Å². The summed E-state index contributed by atoms with van der Waals surface area (Å²) < 4.78 is 3.56. The molecule has 1 aliphatic heterocycles. The van der Waals surface area contributed by atoms with Gasteiger partial charge in [0, 0.05) is 60.8 Å². The molecule has 0 spiro atoms. The highest BCUT2D eigenvalue weighted by molar-refractivity contribution is 5.84. The van der Waals surface area contributed by atoms with Crippen LogP contribution in [0.3, 0.4) is 0 Å². The molecule has 1 atom stereocenters. The summed E-state index contributed by atoms with van der Waals surface area (Å²) in [5, 5.41) is 18.5. The van der Waals surface area contributed by atoms with E-state index in [1.807, 2.05) is 25.6 Å². The molecule has 1 aromatic carbocycles. The molecule has 7 heteroatoms. The van der Waals surface area contributed by atoms with Gasteiger partial charge in [-0.3, -0.25) is 14.6 Å². The Morgan fingerprint density at radius 3 is 2.73 bits per heavy atom. The number of allylic oxidation sites excluding steroid dienone is 3. The monoisotopic (exact) mass is 489 g/mol. The number of aromatic nitrogens is 4. The van der Waals surface area contributed by atoms with Crippen LogP contribution in [0.25, 0.3) is 22.2 Å². The number of nitriles is 1. The van der Waals surface area contributed by atoms with Gasteiger partial charge in [-0.05, 0) is 56.3 Å². The van der Waals surface area contributed by atoms with Gasteiger partial charge >= 0.3 is 0 Å². The van der Waals surface area contributed by atoms with E-state index in [0.29, 0.717) is 11.5 Å². The Hall–Kier alpha value is -4.28. The van der Waals surface area contributed by atoms with Crippen molar-refractivity contribution in [2.45, 2.75) is 26.3 Å². The van der Waals surface area contributed by atoms with Gasteiger partial charge in [-0.2, -0.15) is 15.5 Å². The fourth-order valence-electron chi connectivity index (χ4n) is 5.13. The summed E-state index contributed by atoms with van der Waals surface area (Å²) in [7, 11) is 1.90. The number of benzene rings is 1. The maximum absolute atomic E-state index is 9.70. The van der Waals surface area contributed by atoms with Crippen molar-refractivity contribution in [3.8, 4) is 17.2 Å². The lowest BCUT2D eigenvalue weighted by Gasteiger charge is -2.33. The Labute approximate surface area is 217 Å². The summed E-state index contributed by atoms with van der Waals surface area (Å²) in [5.41, 5.74) is 7.68. The fourth-order valence-corrected chi connectivity index (χ4v) is 5.13. The first kappa shape index (κ1) is 24.4. The quantitative estimate of drug-likeness (QED) is 0.254. The highest BCUT2D eigenvalue weighted by Crippen LogP contribution is 2.30. The third kappa shape index (κ3) is 5.30. The number of hydrogen-bond acceptors (Lipinski definition) is 5. The Morgan fingerprint density at radius 2 is 2.00 bits per heavy atom. The van der Waals surface area contributed by atoms with E-state index in [1.165, 1.54) is 5.56 Å². The summed E-state index contributed by atoms with van der Waals surface area (Å²) in [4.78, 5) is 6.94. The van der Waals surface area contributed by atoms with Gasteiger partial charge in [0.2, 0.25) is 0 Å². The third-order valence-electron chi connectivity index (χ3n) is 7.05. The van der Waals surface area contributed by atoms with Crippen LogP contribution in [0.1, 0.15) is 36.5 Å². The van der Waals surface area contributed by atoms with Gasteiger partial charge in [0.1, 0.15) is 6.07 Å². The van der Waals surface area contributed by atoms with Crippen molar-refractivity contribution in [1.82, 2.24) is 24.3 Å². The predicted molar refractivity (Wildman–Crippen MR) is 148 cm³/mol. The topological polar surface area (TPSA) is 74.5 Å². The molecule has 3 aromatic heterocycles. The summed E-state index contributed by atoms with van der Waals surface area (Å²) in [6.45, 7) is 8.97. The molecular formula is C30H31N7. The van der Waals surface area contributed by atoms with Gasteiger partial charge in [-0.1, -0.05) is 36.4 Å². The molecule has 1 fully saturated rings. The zero-order valence-corrected chi connectivity index (χ0v) is 21.4. The molecule has 7 nitrogen and oxygen atoms in total. The second kappa shape index (κ2) is 10.8. The van der Waals surface area contributed by atoms with Crippen molar-refractivity contribution in [2.24, 2.45) is 18.0 Å². The Morgan fingerprint density at radius 1 is 1.16 bits per heavy atom. The molecule has 5 rings (SSSR count). The number of rotatable bonds is 7. The average molecular weight is 490 g/mol. The van der Waals surface area contributed by atoms with E-state index >= 15 is 0 Å². The molecule has 4 aromatic rings. The Kier molecular flexibility index (Phi) is 7.11. The van der Waals surface area contributed by atoms with Gasteiger partial charge in [-0.25, -0.2) is 4.52 Å². The Bertz CT molecular complexity index is 1510. The maximum atomic E-state index is 9.70. The molecule has 0 radical (unpaired) electrons. The zero-order valence-electron chi connectivity index (χ0n) is 21.4. The van der Waals surface area contributed by atoms with E-state index in [-0.39, 0.29) is 0 Å². The van der Waals surface area contributed by atoms with E-state index in [4.69, 9.17) is 0 Å². The van der Waals surface area contributed by atoms with Crippen LogP contribution in [0.5, 0.6) is 0 Å². The molecule has 1 aliphatic rings. The maximum Gasteiger partial charge on any atom is 0.103 e. The molecule has 4 heterocycles. The second-order valence-electron chi connectivity index (χ2n) is 9.67. The lowest BCUT2D eigenvalue weighted by molar-refractivity contribution is 0.183. The van der Waals surface area contributed by atoms with Crippen LogP contribution in [0.15, 0.2) is 84.0 Å². The first-order chi connectivity index (χ1) is 18.1. The molecule has 0 amide bonds. The standard InChI is InChI=1S/C30H31N7/c1-22(11-12-29(32-2)24-10-7-13-36(20-24)18-23-8-5-4-6-9-23)28-14-25(27-17-33-35(3)19-27)21-37-30(28)26(15-31)16-34-37/h4-6,8-9,11-12,14,16-17,19,21,24H,2,7,10,13,18,20H2,1,3H3/b22-11+,29-12-. The number of pyridine rings is 1. The van der Waals surface area contributed by atoms with E-state index in [2.05, 4.69) is 88.4 Å². The first-order valence-electron chi connectivity index (χ1n) is 12.6. The molecule has 1 saturated heterocycles. The number of aliphatic imine (C=N–C) groups is 1. The van der Waals surface area contributed by atoms with E-state index in [9.17, 15) is 5.26 Å². The lowest BCUT2D eigenvalue weighted by Crippen LogP contribution is -2.35. The molecule has 0 N–H and O–H groups in total. The molecule has 0 aliphatic carbocycles. The largest absolute Gasteiger partial charge is 0.298 e. The van der Waals surface area contributed by atoms with Crippen molar-refractivity contribution >= 4 is 17.8 Å². The van der Waals surface area contributed by atoms with Gasteiger partial charge in [0.25, 0.3) is 0 Å². The molecule has 1 unspecified atom stereocenters. The van der Waals surface area contributed by atoms with Gasteiger partial charge in [0.15, 0.2) is 0 Å². The fraction of sp³-hybridized carbons (Fsp3) is 0.267. The van der Waals surface area contributed by atoms with Crippen LogP contribution in [0.2, 0.25) is 0 Å². The molecular weight excluding hydrogens is 458 g/mol. The zero-order chi connectivity index (χ0) is 25.8. The van der Waals surface area contributed by atoms with Gasteiger partial charge < -0.3 is 0 Å². The van der Waals surface area contributed by atoms with Crippen LogP contribution in [0.4, 0.5) is 0 Å². The minimum Gasteiger partial charge on any atom is -0.298 e. The minimum absolute atomic E-state index is 0.338. The van der Waals surface area contributed by atoms with Crippen molar-refractivity contribution in [1.29, 1.82) is 5.26 Å². The molecule has 0 bridgehead atoms. The predicted octanol–water partition coefficient (Wildman–Crippen LogP) is 5.51. The van der Waals surface area contributed by atoms with Crippen molar-refractivity contribution in [3.63, 3.8) is 0 Å². The normalized spacial score (nSPS) is 17.2. The highest BCUT2D eigenvalue weighted by Gasteiger charge is 2.22. The van der Waals surface area contributed by atoms with Crippen LogP contribution < -0.4 is 0 Å². The average Bonchev–Trinajstić information content (AvgIpc) is 3.55. The molecule has 37 heavy (non-hydrogen) atoms. The number of hydrogen-bond donors (Lipinski definition) is 0. The first-order valence-corrected chi connectivity index (χ1v) is 12.6. The molecule has 0 saturated carbocycles. The van der Waals surface area contributed by atoms with E-state index < -0.39 is 0 Å². The van der Waals surface area contributed by atoms with Gasteiger partial charge in [-0.15, -0.1) is 0 Å². The smallest absolute Gasteiger partial charge is 0.103 e. The summed E-state index contributed by atoms with van der Waals surface area (Å²) in [6, 6.07) is 15.0. The third-order valence-corrected chi connectivity index (χ3v) is 7.05. The van der Waals surface area contributed by atoms with Crippen molar-refractivity contribution in [2.75, 3.05) is 13.1 Å².